The van der Waals surface area contributed by atoms with Crippen LogP contribution in [0.5, 0.6) is 5.75 Å². The number of hydrogen-bond acceptors (Lipinski definition) is 6. The first-order valence-corrected chi connectivity index (χ1v) is 11.6. The summed E-state index contributed by atoms with van der Waals surface area (Å²) in [5.41, 5.74) is 0.330. The van der Waals surface area contributed by atoms with Gasteiger partial charge in [-0.15, -0.1) is 0 Å². The molecule has 8 heteroatoms. The lowest BCUT2D eigenvalue weighted by Gasteiger charge is -2.20. The van der Waals surface area contributed by atoms with Gasteiger partial charge in [0.25, 0.3) is 5.56 Å². The lowest BCUT2D eigenvalue weighted by atomic mass is 10.1. The van der Waals surface area contributed by atoms with Crippen molar-refractivity contribution in [1.29, 1.82) is 5.26 Å². The number of benzene rings is 2. The third-order valence-electron chi connectivity index (χ3n) is 5.37. The summed E-state index contributed by atoms with van der Waals surface area (Å²) < 4.78 is 27.3. The maximum Gasteiger partial charge on any atom is 0.263 e. The van der Waals surface area contributed by atoms with Crippen LogP contribution in [0.15, 0.2) is 57.1 Å². The summed E-state index contributed by atoms with van der Waals surface area (Å²) in [4.78, 5) is 17.8. The van der Waals surface area contributed by atoms with Gasteiger partial charge in [-0.25, -0.2) is 13.4 Å². The minimum Gasteiger partial charge on any atom is -0.506 e. The highest BCUT2D eigenvalue weighted by Gasteiger charge is 2.31. The van der Waals surface area contributed by atoms with Gasteiger partial charge in [0, 0.05) is 11.9 Å². The van der Waals surface area contributed by atoms with Crippen LogP contribution in [-0.4, -0.2) is 29.6 Å². The van der Waals surface area contributed by atoms with Gasteiger partial charge in [0.15, 0.2) is 9.84 Å². The van der Waals surface area contributed by atoms with E-state index in [1.807, 2.05) is 6.07 Å². The molecule has 0 saturated carbocycles. The summed E-state index contributed by atoms with van der Waals surface area (Å²) in [6.07, 6.45) is 0.743. The fraction of sp³-hybridized carbons (Fsp3) is 0.261. The Kier molecular flexibility index (Phi) is 5.15. The van der Waals surface area contributed by atoms with E-state index >= 15 is 0 Å². The summed E-state index contributed by atoms with van der Waals surface area (Å²) in [5.74, 6) is -0.432. The molecule has 0 bridgehead atoms. The van der Waals surface area contributed by atoms with Gasteiger partial charge in [0.2, 0.25) is 0 Å². The second-order valence-electron chi connectivity index (χ2n) is 7.99. The smallest absolute Gasteiger partial charge is 0.263 e. The molecule has 4 rings (SSSR count). The third-order valence-corrected chi connectivity index (χ3v) is 7.04. The molecule has 0 spiro atoms. The van der Waals surface area contributed by atoms with Crippen molar-refractivity contribution in [1.82, 2.24) is 4.57 Å². The predicted octanol–water partition coefficient (Wildman–Crippen LogP) is 3.53. The van der Waals surface area contributed by atoms with Crippen molar-refractivity contribution in [3.8, 4) is 11.8 Å². The van der Waals surface area contributed by atoms with E-state index in [0.29, 0.717) is 23.4 Å². The first-order valence-electron chi connectivity index (χ1n) is 9.92. The highest BCUT2D eigenvalue weighted by atomic mass is 32.2. The van der Waals surface area contributed by atoms with E-state index in [0.717, 1.165) is 6.42 Å². The molecule has 3 aromatic rings. The van der Waals surface area contributed by atoms with E-state index < -0.39 is 21.1 Å². The van der Waals surface area contributed by atoms with Crippen LogP contribution in [0.2, 0.25) is 0 Å². The molecule has 0 saturated heterocycles. The van der Waals surface area contributed by atoms with E-state index in [1.165, 1.54) is 18.2 Å². The molecule has 1 aromatic heterocycles. The second kappa shape index (κ2) is 7.67. The van der Waals surface area contributed by atoms with E-state index in [1.54, 1.807) is 28.8 Å². The molecule has 31 heavy (non-hydrogen) atoms. The average molecular weight is 436 g/mol. The Morgan fingerprint density at radius 2 is 1.97 bits per heavy atom. The summed E-state index contributed by atoms with van der Waals surface area (Å²) in [6, 6.07) is 13.1. The number of hydrogen-bond donors (Lipinski definition) is 1. The number of fused-ring (bicyclic) bond motifs is 2. The maximum atomic E-state index is 13.4. The lowest BCUT2D eigenvalue weighted by molar-refractivity contribution is 0.474. The molecular weight excluding hydrogens is 414 g/mol. The molecule has 0 atom stereocenters. The van der Waals surface area contributed by atoms with Crippen molar-refractivity contribution < 1.29 is 13.5 Å². The van der Waals surface area contributed by atoms with Gasteiger partial charge in [-0.1, -0.05) is 26.0 Å². The number of aromatic nitrogens is 1. The molecular formula is C23H21N3O4S. The van der Waals surface area contributed by atoms with E-state index in [4.69, 9.17) is 5.26 Å². The van der Waals surface area contributed by atoms with Crippen LogP contribution in [0.1, 0.15) is 31.4 Å². The van der Waals surface area contributed by atoms with Crippen LogP contribution >= 0.6 is 0 Å². The van der Waals surface area contributed by atoms with Gasteiger partial charge in [-0.2, -0.15) is 5.26 Å². The molecule has 1 aliphatic heterocycles. The average Bonchev–Trinajstić information content (AvgIpc) is 2.72. The molecule has 0 amide bonds. The van der Waals surface area contributed by atoms with Crippen LogP contribution in [0.25, 0.3) is 10.9 Å². The van der Waals surface area contributed by atoms with Crippen LogP contribution in [0.4, 0.5) is 5.69 Å². The van der Waals surface area contributed by atoms with Crippen LogP contribution < -0.4 is 5.56 Å². The number of rotatable bonds is 4. The lowest BCUT2D eigenvalue weighted by Crippen LogP contribution is -2.32. The topological polar surface area (TPSA) is 113 Å². The molecule has 2 aromatic carbocycles. The summed E-state index contributed by atoms with van der Waals surface area (Å²) in [6.45, 7) is 4.53. The van der Waals surface area contributed by atoms with Gasteiger partial charge in [-0.3, -0.25) is 4.79 Å². The zero-order chi connectivity index (χ0) is 22.3. The zero-order valence-electron chi connectivity index (χ0n) is 17.2. The minimum atomic E-state index is -3.79. The van der Waals surface area contributed by atoms with E-state index in [2.05, 4.69) is 18.8 Å². The highest BCUT2D eigenvalue weighted by molar-refractivity contribution is 7.92. The number of para-hydroxylation sites is 1. The number of nitriles is 1. The molecule has 0 radical (unpaired) electrons. The largest absolute Gasteiger partial charge is 0.506 e. The fourth-order valence-corrected chi connectivity index (χ4v) is 5.18. The Labute approximate surface area is 179 Å². The molecule has 1 N–H and O–H groups in total. The Morgan fingerprint density at radius 1 is 1.23 bits per heavy atom. The SMILES string of the molecule is CC(C)CCn1c(=O)c(C2=Nc3cc(C#N)ccc3S(=O)(=O)C2)c(O)c2ccccc21. The fourth-order valence-electron chi connectivity index (χ4n) is 3.76. The molecule has 0 unspecified atom stereocenters. The van der Waals surface area contributed by atoms with Crippen molar-refractivity contribution in [3.63, 3.8) is 0 Å². The number of nitrogens with zero attached hydrogens (tertiary/aromatic N) is 3. The highest BCUT2D eigenvalue weighted by Crippen LogP contribution is 2.34. The minimum absolute atomic E-state index is 0.00987. The van der Waals surface area contributed by atoms with Crippen molar-refractivity contribution in [2.24, 2.45) is 10.9 Å². The Balaban J connectivity index is 2.01. The van der Waals surface area contributed by atoms with Gasteiger partial charge < -0.3 is 9.67 Å². The Bertz CT molecular complexity index is 1440. The summed E-state index contributed by atoms with van der Waals surface area (Å²) >= 11 is 0. The van der Waals surface area contributed by atoms with E-state index in [-0.39, 0.29) is 33.2 Å². The van der Waals surface area contributed by atoms with Gasteiger partial charge >= 0.3 is 0 Å². The Hall–Kier alpha value is -3.44. The van der Waals surface area contributed by atoms with Gasteiger partial charge in [0.05, 0.1) is 39.2 Å². The quantitative estimate of drug-likeness (QED) is 0.674. The number of aryl methyl sites for hydroxylation is 1. The first kappa shape index (κ1) is 20.8. The van der Waals surface area contributed by atoms with Crippen molar-refractivity contribution >= 4 is 32.1 Å². The third kappa shape index (κ3) is 3.62. The van der Waals surface area contributed by atoms with E-state index in [9.17, 15) is 18.3 Å². The molecule has 0 aliphatic carbocycles. The Morgan fingerprint density at radius 3 is 2.68 bits per heavy atom. The second-order valence-corrected chi connectivity index (χ2v) is 9.95. The number of sulfone groups is 1. The van der Waals surface area contributed by atoms with Gasteiger partial charge in [-0.05, 0) is 42.7 Å². The predicted molar refractivity (Wildman–Crippen MR) is 119 cm³/mol. The molecule has 0 fully saturated rings. The normalized spacial score (nSPS) is 14.8. The number of aliphatic imine (C=N–C) groups is 1. The monoisotopic (exact) mass is 435 g/mol. The van der Waals surface area contributed by atoms with Crippen LogP contribution in [0, 0.1) is 17.2 Å². The zero-order valence-corrected chi connectivity index (χ0v) is 18.0. The summed E-state index contributed by atoms with van der Waals surface area (Å²) in [5, 5.41) is 20.6. The standard InChI is InChI=1S/C23H21N3O4S/c1-14(2)9-10-26-19-6-4-3-5-16(19)22(27)21(23(26)28)18-13-31(29,30)20-8-7-15(12-24)11-17(20)25-18/h3-8,11,14,27H,9-10,13H2,1-2H3. The van der Waals surface area contributed by atoms with Gasteiger partial charge in [0.1, 0.15) is 11.3 Å². The van der Waals surface area contributed by atoms with Crippen LogP contribution in [-0.2, 0) is 16.4 Å². The molecule has 1 aliphatic rings. The van der Waals surface area contributed by atoms with Crippen molar-refractivity contribution in [3.05, 3.63) is 63.9 Å². The van der Waals surface area contributed by atoms with Crippen molar-refractivity contribution in [2.45, 2.75) is 31.7 Å². The van der Waals surface area contributed by atoms with Crippen LogP contribution in [0.3, 0.4) is 0 Å². The van der Waals surface area contributed by atoms with Crippen molar-refractivity contribution in [2.75, 3.05) is 5.75 Å². The number of pyridine rings is 1. The maximum absolute atomic E-state index is 13.4. The molecule has 158 valence electrons. The summed E-state index contributed by atoms with van der Waals surface area (Å²) in [7, 11) is -3.79. The first-order chi connectivity index (χ1) is 14.7. The number of aromatic hydroxyl groups is 1. The molecule has 2 heterocycles. The molecule has 7 nitrogen and oxygen atoms in total.